The van der Waals surface area contributed by atoms with Gasteiger partial charge in [0, 0.05) is 36.0 Å². The third kappa shape index (κ3) is 3.75. The number of benzene rings is 1. The number of pyridine rings is 1. The summed E-state index contributed by atoms with van der Waals surface area (Å²) in [5.41, 5.74) is 4.03. The molecule has 3 aliphatic heterocycles. The second kappa shape index (κ2) is 8.52. The Labute approximate surface area is 223 Å². The molecule has 8 heteroatoms. The van der Waals surface area contributed by atoms with Crippen LogP contribution >= 0.6 is 0 Å². The monoisotopic (exact) mass is 515 g/mol. The lowest BCUT2D eigenvalue weighted by molar-refractivity contribution is -0.144. The molecule has 5 fully saturated rings. The molecule has 8 rings (SSSR count). The van der Waals surface area contributed by atoms with Crippen LogP contribution in [-0.4, -0.2) is 58.5 Å². The van der Waals surface area contributed by atoms with E-state index < -0.39 is 5.60 Å². The van der Waals surface area contributed by atoms with Crippen LogP contribution in [0, 0.1) is 12.8 Å². The van der Waals surface area contributed by atoms with Crippen molar-refractivity contribution >= 4 is 17.3 Å². The Morgan fingerprint density at radius 2 is 2.05 bits per heavy atom. The standard InChI is InChI=1S/C30H37N5O3/c1-4-37-24(36)16-29(10-11-29)32-25-21-15-30(25,38-18-21)27-31-26-20(2)14-23(17-35(26)33-27)34-13-12-28(3,19-34)22-8-6-5-7-9-22/h5-9,14,17,21,25,32H,4,10-13,15-16,18-19H2,1-3H3. The van der Waals surface area contributed by atoms with Crippen LogP contribution in [0.1, 0.15) is 62.9 Å². The number of nitrogens with one attached hydrogen (secondary N) is 1. The minimum absolute atomic E-state index is 0.126. The second-order valence-electron chi connectivity index (χ2n) is 12.2. The van der Waals surface area contributed by atoms with E-state index in [0.717, 1.165) is 55.8 Å². The maximum Gasteiger partial charge on any atom is 0.307 e. The van der Waals surface area contributed by atoms with Crippen molar-refractivity contribution in [2.24, 2.45) is 5.92 Å². The molecule has 2 aromatic heterocycles. The summed E-state index contributed by atoms with van der Waals surface area (Å²) in [5.74, 6) is 1.06. The van der Waals surface area contributed by atoms with Crippen molar-refractivity contribution in [1.29, 1.82) is 0 Å². The first-order chi connectivity index (χ1) is 18.3. The molecular weight excluding hydrogens is 478 g/mol. The summed E-state index contributed by atoms with van der Waals surface area (Å²) in [6.07, 6.45) is 6.57. The van der Waals surface area contributed by atoms with Gasteiger partial charge in [-0.3, -0.25) is 4.79 Å². The van der Waals surface area contributed by atoms with Gasteiger partial charge in [-0.15, -0.1) is 5.10 Å². The summed E-state index contributed by atoms with van der Waals surface area (Å²) in [5, 5.41) is 8.82. The molecule has 2 aliphatic carbocycles. The highest BCUT2D eigenvalue weighted by molar-refractivity contribution is 5.71. The number of anilines is 1. The Balaban J connectivity index is 1.13. The van der Waals surface area contributed by atoms with Gasteiger partial charge in [-0.05, 0) is 56.7 Å². The number of fused-ring (bicyclic) bond motifs is 2. The number of ether oxygens (including phenoxy) is 2. The van der Waals surface area contributed by atoms with E-state index in [1.807, 2.05) is 11.4 Å². The first kappa shape index (κ1) is 24.1. The Hall–Kier alpha value is -2.97. The zero-order valence-corrected chi connectivity index (χ0v) is 22.6. The molecular formula is C30H37N5O3. The van der Waals surface area contributed by atoms with Gasteiger partial charge in [0.15, 0.2) is 11.5 Å². The van der Waals surface area contributed by atoms with E-state index in [4.69, 9.17) is 19.6 Å². The van der Waals surface area contributed by atoms with Gasteiger partial charge in [0.25, 0.3) is 0 Å². The summed E-state index contributed by atoms with van der Waals surface area (Å²) >= 11 is 0. The molecule has 3 aromatic rings. The van der Waals surface area contributed by atoms with Crippen LogP contribution in [0.2, 0.25) is 0 Å². The van der Waals surface area contributed by atoms with Crippen molar-refractivity contribution < 1.29 is 14.3 Å². The third-order valence-corrected chi connectivity index (χ3v) is 9.49. The smallest absolute Gasteiger partial charge is 0.307 e. The predicted molar refractivity (Wildman–Crippen MR) is 144 cm³/mol. The number of hydrogen-bond acceptors (Lipinski definition) is 7. The normalized spacial score (nSPS) is 31.0. The Morgan fingerprint density at radius 3 is 2.79 bits per heavy atom. The lowest BCUT2D eigenvalue weighted by atomic mass is 9.68. The van der Waals surface area contributed by atoms with Gasteiger partial charge in [-0.2, -0.15) is 0 Å². The first-order valence-corrected chi connectivity index (χ1v) is 14.1. The molecule has 1 N–H and O–H groups in total. The van der Waals surface area contributed by atoms with Gasteiger partial charge in [-0.1, -0.05) is 37.3 Å². The topological polar surface area (TPSA) is 81.0 Å². The zero-order chi connectivity index (χ0) is 26.1. The van der Waals surface area contributed by atoms with Gasteiger partial charge in [-0.25, -0.2) is 9.50 Å². The Bertz CT molecular complexity index is 1380. The van der Waals surface area contributed by atoms with Crippen molar-refractivity contribution in [3.05, 3.63) is 59.5 Å². The highest BCUT2D eigenvalue weighted by atomic mass is 16.5. The molecule has 0 amide bonds. The van der Waals surface area contributed by atoms with E-state index >= 15 is 0 Å². The van der Waals surface area contributed by atoms with Crippen LogP contribution in [0.25, 0.3) is 5.65 Å². The molecule has 38 heavy (non-hydrogen) atoms. The Kier molecular flexibility index (Phi) is 5.40. The fraction of sp³-hybridized carbons (Fsp3) is 0.567. The molecule has 2 bridgehead atoms. The van der Waals surface area contributed by atoms with E-state index in [-0.39, 0.29) is 23.0 Å². The maximum absolute atomic E-state index is 12.2. The zero-order valence-electron chi connectivity index (χ0n) is 22.6. The molecule has 8 nitrogen and oxygen atoms in total. The average molecular weight is 516 g/mol. The van der Waals surface area contributed by atoms with E-state index in [2.05, 4.69) is 66.7 Å². The van der Waals surface area contributed by atoms with Crippen LogP contribution < -0.4 is 10.2 Å². The molecule has 5 aliphatic rings. The van der Waals surface area contributed by atoms with Crippen molar-refractivity contribution in [1.82, 2.24) is 19.9 Å². The molecule has 5 heterocycles. The molecule has 0 spiro atoms. The van der Waals surface area contributed by atoms with Crippen molar-refractivity contribution in [2.45, 2.75) is 75.5 Å². The number of hydrogen-bond donors (Lipinski definition) is 1. The molecule has 2 saturated carbocycles. The SMILES string of the molecule is CCOC(=O)CC1(NC2C3COC2(c2nc4c(C)cc(N5CCC(C)(c6ccccc6)C5)cn4n2)C3)CC1. The maximum atomic E-state index is 12.2. The van der Waals surface area contributed by atoms with Gasteiger partial charge in [0.1, 0.15) is 5.60 Å². The first-order valence-electron chi connectivity index (χ1n) is 14.1. The third-order valence-electron chi connectivity index (χ3n) is 9.49. The highest BCUT2D eigenvalue weighted by Crippen LogP contribution is 2.56. The largest absolute Gasteiger partial charge is 0.466 e. The van der Waals surface area contributed by atoms with Crippen LogP contribution in [0.3, 0.4) is 0 Å². The van der Waals surface area contributed by atoms with Crippen LogP contribution in [0.4, 0.5) is 5.69 Å². The van der Waals surface area contributed by atoms with Gasteiger partial charge < -0.3 is 19.7 Å². The summed E-state index contributed by atoms with van der Waals surface area (Å²) in [6.45, 7) is 9.46. The second-order valence-corrected chi connectivity index (χ2v) is 12.2. The summed E-state index contributed by atoms with van der Waals surface area (Å²) in [4.78, 5) is 19.7. The number of esters is 1. The van der Waals surface area contributed by atoms with E-state index in [0.29, 0.717) is 25.6 Å². The molecule has 4 atom stereocenters. The van der Waals surface area contributed by atoms with Crippen molar-refractivity contribution in [2.75, 3.05) is 31.2 Å². The van der Waals surface area contributed by atoms with Crippen LogP contribution in [-0.2, 0) is 25.3 Å². The lowest BCUT2D eigenvalue weighted by Crippen LogP contribution is -2.61. The minimum atomic E-state index is -0.521. The van der Waals surface area contributed by atoms with Crippen molar-refractivity contribution in [3.8, 4) is 0 Å². The highest BCUT2D eigenvalue weighted by Gasteiger charge is 2.66. The number of carbonyl (C=O) groups excluding carboxylic acids is 1. The molecule has 3 saturated heterocycles. The molecule has 200 valence electrons. The van der Waals surface area contributed by atoms with Crippen LogP contribution in [0.5, 0.6) is 0 Å². The summed E-state index contributed by atoms with van der Waals surface area (Å²) in [7, 11) is 0. The van der Waals surface area contributed by atoms with E-state index in [1.165, 1.54) is 11.3 Å². The summed E-state index contributed by atoms with van der Waals surface area (Å²) < 4.78 is 13.6. The van der Waals surface area contributed by atoms with E-state index in [1.54, 1.807) is 0 Å². The minimum Gasteiger partial charge on any atom is -0.466 e. The number of rotatable bonds is 8. The lowest BCUT2D eigenvalue weighted by Gasteiger charge is -2.45. The van der Waals surface area contributed by atoms with Gasteiger partial charge in [0.05, 0.1) is 31.5 Å². The quantitative estimate of drug-likeness (QED) is 0.456. The molecule has 0 radical (unpaired) electrons. The average Bonchev–Trinajstić information content (AvgIpc) is 3.33. The Morgan fingerprint density at radius 1 is 1.24 bits per heavy atom. The van der Waals surface area contributed by atoms with Crippen molar-refractivity contribution in [3.63, 3.8) is 0 Å². The van der Waals surface area contributed by atoms with Crippen LogP contribution in [0.15, 0.2) is 42.6 Å². The predicted octanol–water partition coefficient (Wildman–Crippen LogP) is 3.90. The van der Waals surface area contributed by atoms with E-state index in [9.17, 15) is 4.79 Å². The fourth-order valence-electron chi connectivity index (χ4n) is 7.03. The summed E-state index contributed by atoms with van der Waals surface area (Å²) in [6, 6.07) is 13.2. The number of nitrogens with zero attached hydrogens (tertiary/aromatic N) is 4. The molecule has 1 aromatic carbocycles. The van der Waals surface area contributed by atoms with Gasteiger partial charge >= 0.3 is 5.97 Å². The number of aromatic nitrogens is 3. The molecule has 4 unspecified atom stereocenters. The number of carbonyl (C=O) groups is 1. The number of aryl methyl sites for hydroxylation is 1. The fourth-order valence-corrected chi connectivity index (χ4v) is 7.03. The van der Waals surface area contributed by atoms with Gasteiger partial charge in [0.2, 0.25) is 0 Å².